The van der Waals surface area contributed by atoms with E-state index in [1.807, 2.05) is 71.1 Å². The van der Waals surface area contributed by atoms with Crippen molar-refractivity contribution in [3.8, 4) is 28.1 Å². The zero-order chi connectivity index (χ0) is 31.4. The van der Waals surface area contributed by atoms with E-state index < -0.39 is 25.2 Å². The normalized spacial score (nSPS) is 14.8. The Kier molecular flexibility index (Phi) is 10.0. The first-order chi connectivity index (χ1) is 21.2. The third kappa shape index (κ3) is 6.39. The number of carbonyl (C=O) groups excluding carboxylic acids is 2. The Morgan fingerprint density at radius 2 is 1.64 bits per heavy atom. The summed E-state index contributed by atoms with van der Waals surface area (Å²) < 4.78 is 9.01. The van der Waals surface area contributed by atoms with Gasteiger partial charge in [-0.2, -0.15) is 0 Å². The number of halogens is 2. The number of aliphatic hydroxyl groups is 1. The molecule has 1 aliphatic rings. The fourth-order valence-electron chi connectivity index (χ4n) is 5.96. The van der Waals surface area contributed by atoms with Gasteiger partial charge in [-0.1, -0.05) is 29.8 Å². The predicted molar refractivity (Wildman–Crippen MR) is 186 cm³/mol. The Morgan fingerprint density at radius 1 is 0.977 bits per heavy atom. The van der Waals surface area contributed by atoms with Crippen LogP contribution in [0.5, 0.6) is 5.75 Å². The minimum atomic E-state index is -1.13. The molecule has 1 aromatic heterocycles. The van der Waals surface area contributed by atoms with Crippen molar-refractivity contribution in [2.45, 2.75) is 24.7 Å². The summed E-state index contributed by atoms with van der Waals surface area (Å²) in [5.41, 5.74) is 10.2. The van der Waals surface area contributed by atoms with Crippen LogP contribution in [0.1, 0.15) is 35.3 Å². The van der Waals surface area contributed by atoms with Gasteiger partial charge in [-0.3, -0.25) is 0 Å². The van der Waals surface area contributed by atoms with Gasteiger partial charge >= 0.3 is 161 Å². The number of primary amides is 1. The van der Waals surface area contributed by atoms with Crippen LogP contribution in [0.25, 0.3) is 22.4 Å². The van der Waals surface area contributed by atoms with E-state index in [9.17, 15) is 9.59 Å². The predicted octanol–water partition coefficient (Wildman–Crippen LogP) is 6.37. The van der Waals surface area contributed by atoms with Crippen LogP contribution < -0.4 is 10.5 Å². The molecule has 1 saturated heterocycles. The molecule has 9 heteroatoms. The molecule has 232 valence electrons. The maximum atomic E-state index is 14.1. The zero-order valence-electron chi connectivity index (χ0n) is 25.4. The summed E-state index contributed by atoms with van der Waals surface area (Å²) in [5.74, 6) is 0.266. The van der Waals surface area contributed by atoms with Gasteiger partial charge < -0.3 is 9.84 Å². The van der Waals surface area contributed by atoms with Crippen molar-refractivity contribution in [1.29, 1.82) is 0 Å². The summed E-state index contributed by atoms with van der Waals surface area (Å²) in [6.07, 6.45) is 1.51. The molecule has 44 heavy (non-hydrogen) atoms. The Bertz CT molecular complexity index is 1620. The Hall–Kier alpha value is -3.34. The van der Waals surface area contributed by atoms with Gasteiger partial charge in [0.2, 0.25) is 0 Å². The van der Waals surface area contributed by atoms with Crippen LogP contribution in [0.15, 0.2) is 78.9 Å². The first-order valence-corrected chi connectivity index (χ1v) is 20.4. The van der Waals surface area contributed by atoms with Crippen molar-refractivity contribution >= 4 is 43.2 Å². The molecule has 0 bridgehead atoms. The van der Waals surface area contributed by atoms with Gasteiger partial charge in [0.25, 0.3) is 0 Å². The molecular weight excluding hydrogens is 689 g/mol. The molecule has 1 aliphatic heterocycles. The van der Waals surface area contributed by atoms with Crippen LogP contribution in [-0.2, 0) is 17.3 Å². The van der Waals surface area contributed by atoms with Crippen molar-refractivity contribution in [1.82, 2.24) is 9.47 Å². The van der Waals surface area contributed by atoms with Gasteiger partial charge in [-0.25, -0.2) is 0 Å². The molecule has 0 atom stereocenters. The molecule has 4 aromatic rings. The smallest absolute Gasteiger partial charge is 0.494 e. The fraction of sp³-hybridized carbons (Fsp3) is 0.314. The topological polar surface area (TPSA) is 97.8 Å². The van der Waals surface area contributed by atoms with Crippen LogP contribution in [-0.4, -0.2) is 62.6 Å². The second-order valence-electron chi connectivity index (χ2n) is 11.3. The Morgan fingerprint density at radius 3 is 2.23 bits per heavy atom. The Labute approximate surface area is 271 Å². The van der Waals surface area contributed by atoms with Gasteiger partial charge in [-0.05, 0) is 35.9 Å². The number of nitrogens with zero attached hydrogens (tertiary/aromatic N) is 2. The van der Waals surface area contributed by atoms with E-state index in [-0.39, 0.29) is 18.4 Å². The van der Waals surface area contributed by atoms with Gasteiger partial charge in [-0.15, -0.1) is 0 Å². The minimum Gasteiger partial charge on any atom is -0.494 e. The number of aliphatic hydroxyl groups excluding tert-OH is 1. The summed E-state index contributed by atoms with van der Waals surface area (Å²) in [6, 6.07) is 25.6. The minimum absolute atomic E-state index is 0.0762. The van der Waals surface area contributed by atoms with Crippen LogP contribution in [0.2, 0.25) is 5.02 Å². The number of hydrogen-bond acceptors (Lipinski definition) is 4. The van der Waals surface area contributed by atoms with E-state index in [2.05, 4.69) is 34.1 Å². The van der Waals surface area contributed by atoms with E-state index in [1.54, 1.807) is 0 Å². The molecule has 3 aromatic carbocycles. The van der Waals surface area contributed by atoms with Crippen LogP contribution in [0.4, 0.5) is 0 Å². The van der Waals surface area contributed by atoms with Crippen molar-refractivity contribution < 1.29 is 19.4 Å². The van der Waals surface area contributed by atoms with Crippen LogP contribution in [0, 0.1) is 3.57 Å². The third-order valence-electron chi connectivity index (χ3n) is 8.52. The molecule has 7 nitrogen and oxygen atoms in total. The summed E-state index contributed by atoms with van der Waals surface area (Å²) in [4.78, 5) is 33.4. The van der Waals surface area contributed by atoms with Crippen molar-refractivity contribution in [3.63, 3.8) is 0 Å². The quantitative estimate of drug-likeness (QED) is 0.113. The number of rotatable bonds is 10. The first-order valence-electron chi connectivity index (χ1n) is 14.6. The molecule has 0 radical (unpaired) electrons. The van der Waals surface area contributed by atoms with Crippen molar-refractivity contribution in [2.24, 2.45) is 12.8 Å². The first kappa shape index (κ1) is 32.1. The van der Waals surface area contributed by atoms with Gasteiger partial charge in [0.05, 0.1) is 6.61 Å². The summed E-state index contributed by atoms with van der Waals surface area (Å²) in [5, 5.41) is 9.65. The van der Waals surface area contributed by atoms with Gasteiger partial charge in [0.15, 0.2) is 0 Å². The number of hydrogen-bond donors (Lipinski definition) is 2. The standard InChI is InChI=1S/C35H39ClIN3O4/c1-37(2)26-13-11-25(12-14-26)35(34(38)43)17-19-40(20-18-35)33(42)31-23-29(28-7-4-5-8-30(28)36)32(39(31)3)24-9-15-27(16-10-24)44-22-6-21-41/h4-5,7-16,23,41H,6,17-22H2,1-3H3,(H2,38,43). The summed E-state index contributed by atoms with van der Waals surface area (Å²) in [7, 11) is 1.90. The van der Waals surface area contributed by atoms with Crippen molar-refractivity contribution in [3.05, 3.63) is 98.7 Å². The number of likely N-dealkylation sites (tertiary alicyclic amines) is 1. The number of amides is 2. The van der Waals surface area contributed by atoms with Crippen molar-refractivity contribution in [2.75, 3.05) is 36.2 Å². The number of benzene rings is 3. The average molecular weight is 728 g/mol. The monoisotopic (exact) mass is 727 g/mol. The van der Waals surface area contributed by atoms with E-state index in [0.29, 0.717) is 55.4 Å². The summed E-state index contributed by atoms with van der Waals surface area (Å²) in [6.45, 7) is 1.35. The molecule has 2 amide bonds. The van der Waals surface area contributed by atoms with E-state index in [4.69, 9.17) is 27.2 Å². The van der Waals surface area contributed by atoms with Crippen LogP contribution in [0.3, 0.4) is 0 Å². The molecule has 0 saturated carbocycles. The third-order valence-corrected chi connectivity index (χ3v) is 12.1. The molecule has 0 unspecified atom stereocenters. The molecule has 5 rings (SSSR count). The molecule has 0 aliphatic carbocycles. The number of ether oxygens (including phenoxy) is 1. The zero-order valence-corrected chi connectivity index (χ0v) is 28.3. The van der Waals surface area contributed by atoms with E-state index in [1.165, 1.54) is 3.57 Å². The number of piperidine rings is 1. The number of aromatic nitrogens is 1. The fourth-order valence-corrected chi connectivity index (χ4v) is 7.99. The van der Waals surface area contributed by atoms with Gasteiger partial charge in [0.1, 0.15) is 5.75 Å². The molecule has 2 heterocycles. The van der Waals surface area contributed by atoms with Crippen LogP contribution >= 0.6 is 31.4 Å². The van der Waals surface area contributed by atoms with E-state index in [0.717, 1.165) is 27.9 Å². The number of alkyl halides is 2. The number of carbonyl (C=O) groups is 2. The SMILES string of the molecule is Cn1c(C(=O)N2CCC(C(N)=O)(c3ccc(I(C)C)cc3)CC2)cc(-c2ccccc2Cl)c1-c1ccc(OCCCO)cc1. The van der Waals surface area contributed by atoms with Gasteiger partial charge in [0, 0.05) is 23.6 Å². The summed E-state index contributed by atoms with van der Waals surface area (Å²) >= 11 is 5.53. The second kappa shape index (κ2) is 13.7. The average Bonchev–Trinajstić information content (AvgIpc) is 3.37. The van der Waals surface area contributed by atoms with E-state index >= 15 is 0 Å². The molecular formula is C35H39ClIN3O4. The maximum absolute atomic E-state index is 14.1. The Balaban J connectivity index is 1.45. The second-order valence-corrected chi connectivity index (χ2v) is 17.2. The molecule has 3 N–H and O–H groups in total. The molecule has 1 fully saturated rings. The number of nitrogens with two attached hydrogens (primary N) is 1. The molecule has 0 spiro atoms.